The van der Waals surface area contributed by atoms with Crippen LogP contribution in [-0.2, 0) is 0 Å². The normalized spacial score (nSPS) is 14.5. The molecule has 0 fully saturated rings. The smallest absolute Gasteiger partial charge is 0.330 e. The van der Waals surface area contributed by atoms with Crippen LogP contribution in [0.5, 0.6) is 0 Å². The standard InChI is InChI=1S/C9H6Cl2N4O/c10-4-1-6-7(2-5(4)11)15-8(14-6)12-3-13-9(15)16/h1-2H,3H2,(H,12,14)(H,13,16). The van der Waals surface area contributed by atoms with Crippen LogP contribution >= 0.6 is 23.2 Å². The van der Waals surface area contributed by atoms with Gasteiger partial charge in [-0.15, -0.1) is 0 Å². The van der Waals surface area contributed by atoms with Crippen LogP contribution in [0.4, 0.5) is 10.7 Å². The van der Waals surface area contributed by atoms with Crippen LogP contribution in [0.2, 0.25) is 10.0 Å². The van der Waals surface area contributed by atoms with Crippen LogP contribution in [0.25, 0.3) is 11.0 Å². The second kappa shape index (κ2) is 3.26. The Morgan fingerprint density at radius 3 is 2.81 bits per heavy atom. The van der Waals surface area contributed by atoms with Gasteiger partial charge in [-0.2, -0.15) is 0 Å². The number of carbonyl (C=O) groups is 1. The van der Waals surface area contributed by atoms with Gasteiger partial charge in [0.25, 0.3) is 0 Å². The van der Waals surface area contributed by atoms with Crippen molar-refractivity contribution in [3.63, 3.8) is 0 Å². The molecule has 3 rings (SSSR count). The minimum Gasteiger partial charge on any atom is -0.338 e. The Morgan fingerprint density at radius 2 is 2.00 bits per heavy atom. The molecule has 7 heteroatoms. The zero-order chi connectivity index (χ0) is 11.3. The van der Waals surface area contributed by atoms with Crippen LogP contribution < -0.4 is 10.6 Å². The van der Waals surface area contributed by atoms with Crippen molar-refractivity contribution >= 4 is 46.2 Å². The molecule has 0 saturated heterocycles. The molecule has 0 aliphatic carbocycles. The number of hydrogen-bond donors (Lipinski definition) is 2. The van der Waals surface area contributed by atoms with Crippen molar-refractivity contribution in [2.45, 2.75) is 0 Å². The fourth-order valence-electron chi connectivity index (χ4n) is 1.67. The molecule has 0 unspecified atom stereocenters. The van der Waals surface area contributed by atoms with E-state index in [4.69, 9.17) is 23.2 Å². The van der Waals surface area contributed by atoms with E-state index in [-0.39, 0.29) is 6.03 Å². The molecule has 0 atom stereocenters. The molecule has 1 aliphatic rings. The minimum absolute atomic E-state index is 0.227. The molecule has 1 aromatic carbocycles. The summed E-state index contributed by atoms with van der Waals surface area (Å²) in [4.78, 5) is 15.9. The second-order valence-electron chi connectivity index (χ2n) is 3.36. The highest BCUT2D eigenvalue weighted by molar-refractivity contribution is 6.42. The lowest BCUT2D eigenvalue weighted by molar-refractivity contribution is 0.242. The molecule has 2 N–H and O–H groups in total. The number of fused-ring (bicyclic) bond motifs is 3. The average molecular weight is 257 g/mol. The second-order valence-corrected chi connectivity index (χ2v) is 4.18. The van der Waals surface area contributed by atoms with Crippen molar-refractivity contribution in [3.05, 3.63) is 22.2 Å². The van der Waals surface area contributed by atoms with Gasteiger partial charge in [0.15, 0.2) is 0 Å². The van der Waals surface area contributed by atoms with E-state index in [1.807, 2.05) is 0 Å². The largest absolute Gasteiger partial charge is 0.338 e. The molecule has 1 aliphatic heterocycles. The molecule has 2 heterocycles. The molecule has 1 aromatic heterocycles. The SMILES string of the molecule is O=C1NCNc2nc3cc(Cl)c(Cl)cc3n21. The highest BCUT2D eigenvalue weighted by atomic mass is 35.5. The first-order chi connectivity index (χ1) is 7.66. The Hall–Kier alpha value is -1.46. The topological polar surface area (TPSA) is 59.0 Å². The Morgan fingerprint density at radius 1 is 1.25 bits per heavy atom. The molecule has 1 amide bonds. The third-order valence-corrected chi connectivity index (χ3v) is 3.11. The van der Waals surface area contributed by atoms with E-state index in [2.05, 4.69) is 15.6 Å². The van der Waals surface area contributed by atoms with Gasteiger partial charge in [-0.3, -0.25) is 0 Å². The molecule has 82 valence electrons. The Bertz CT molecular complexity index is 607. The van der Waals surface area contributed by atoms with E-state index in [0.717, 1.165) is 0 Å². The first-order valence-corrected chi connectivity index (χ1v) is 5.32. The predicted octanol–water partition coefficient (Wildman–Crippen LogP) is 2.28. The lowest BCUT2D eigenvalue weighted by Gasteiger charge is -2.16. The number of benzene rings is 1. The number of nitrogens with one attached hydrogen (secondary N) is 2. The van der Waals surface area contributed by atoms with Crippen LogP contribution in [-0.4, -0.2) is 22.3 Å². The number of halogens is 2. The number of nitrogens with zero attached hydrogens (tertiary/aromatic N) is 2. The fraction of sp³-hybridized carbons (Fsp3) is 0.111. The van der Waals surface area contributed by atoms with Gasteiger partial charge >= 0.3 is 6.03 Å². The Balaban J connectivity index is 2.38. The maximum absolute atomic E-state index is 11.7. The predicted molar refractivity (Wildman–Crippen MR) is 62.2 cm³/mol. The van der Waals surface area contributed by atoms with Gasteiger partial charge in [-0.25, -0.2) is 14.3 Å². The number of rotatable bonds is 0. The molecule has 0 radical (unpaired) electrons. The number of hydrogen-bond acceptors (Lipinski definition) is 3. The number of aromatic nitrogens is 2. The van der Waals surface area contributed by atoms with Gasteiger partial charge in [0.05, 0.1) is 27.7 Å². The molecule has 16 heavy (non-hydrogen) atoms. The molecule has 0 spiro atoms. The van der Waals surface area contributed by atoms with Crippen molar-refractivity contribution in [1.29, 1.82) is 0 Å². The van der Waals surface area contributed by atoms with E-state index in [0.29, 0.717) is 33.7 Å². The minimum atomic E-state index is -0.227. The maximum Gasteiger partial charge on any atom is 0.330 e. The van der Waals surface area contributed by atoms with Crippen LogP contribution in [0.1, 0.15) is 0 Å². The Labute approximate surface area is 100 Å². The van der Waals surface area contributed by atoms with Crippen molar-refractivity contribution in [1.82, 2.24) is 14.9 Å². The Kier molecular flexibility index (Phi) is 1.99. The van der Waals surface area contributed by atoms with E-state index in [1.165, 1.54) is 4.57 Å². The van der Waals surface area contributed by atoms with Crippen LogP contribution in [0.15, 0.2) is 12.1 Å². The molecule has 0 bridgehead atoms. The van der Waals surface area contributed by atoms with E-state index >= 15 is 0 Å². The highest BCUT2D eigenvalue weighted by Crippen LogP contribution is 2.29. The van der Waals surface area contributed by atoms with Gasteiger partial charge in [0.1, 0.15) is 0 Å². The fourth-order valence-corrected chi connectivity index (χ4v) is 1.99. The van der Waals surface area contributed by atoms with Gasteiger partial charge in [0, 0.05) is 0 Å². The van der Waals surface area contributed by atoms with Crippen molar-refractivity contribution in [2.75, 3.05) is 12.0 Å². The van der Waals surface area contributed by atoms with Crippen molar-refractivity contribution in [2.24, 2.45) is 0 Å². The number of carbonyl (C=O) groups excluding carboxylic acids is 1. The monoisotopic (exact) mass is 256 g/mol. The van der Waals surface area contributed by atoms with E-state index in [9.17, 15) is 4.79 Å². The third kappa shape index (κ3) is 1.25. The number of imidazole rings is 1. The molecular formula is C9H6Cl2N4O. The summed E-state index contributed by atoms with van der Waals surface area (Å²) in [6.07, 6.45) is 0. The van der Waals surface area contributed by atoms with E-state index < -0.39 is 0 Å². The molecule has 5 nitrogen and oxygen atoms in total. The summed E-state index contributed by atoms with van der Waals surface area (Å²) in [6.45, 7) is 0.365. The van der Waals surface area contributed by atoms with Crippen molar-refractivity contribution in [3.8, 4) is 0 Å². The first-order valence-electron chi connectivity index (χ1n) is 4.56. The average Bonchev–Trinajstić information content (AvgIpc) is 2.58. The highest BCUT2D eigenvalue weighted by Gasteiger charge is 2.20. The van der Waals surface area contributed by atoms with Gasteiger partial charge in [0.2, 0.25) is 5.95 Å². The summed E-state index contributed by atoms with van der Waals surface area (Å²) in [5, 5.41) is 6.42. The summed E-state index contributed by atoms with van der Waals surface area (Å²) in [5.41, 5.74) is 1.27. The first kappa shape index (κ1) is 9.74. The van der Waals surface area contributed by atoms with Gasteiger partial charge in [-0.05, 0) is 12.1 Å². The summed E-state index contributed by atoms with van der Waals surface area (Å²) >= 11 is 11.8. The zero-order valence-electron chi connectivity index (χ0n) is 7.92. The number of amides is 1. The summed E-state index contributed by atoms with van der Waals surface area (Å²) in [6, 6.07) is 3.04. The third-order valence-electron chi connectivity index (χ3n) is 2.39. The lowest BCUT2D eigenvalue weighted by Crippen LogP contribution is -2.38. The number of anilines is 1. The zero-order valence-corrected chi connectivity index (χ0v) is 9.43. The van der Waals surface area contributed by atoms with E-state index in [1.54, 1.807) is 12.1 Å². The van der Waals surface area contributed by atoms with Crippen LogP contribution in [0, 0.1) is 0 Å². The van der Waals surface area contributed by atoms with Gasteiger partial charge in [-0.1, -0.05) is 23.2 Å². The quantitative estimate of drug-likeness (QED) is 0.761. The molecular weight excluding hydrogens is 251 g/mol. The summed E-state index contributed by atoms with van der Waals surface area (Å²) in [7, 11) is 0. The van der Waals surface area contributed by atoms with Gasteiger partial charge < -0.3 is 10.6 Å². The summed E-state index contributed by atoms with van der Waals surface area (Å²) < 4.78 is 1.43. The summed E-state index contributed by atoms with van der Waals surface area (Å²) in [5.74, 6) is 0.497. The lowest BCUT2D eigenvalue weighted by atomic mass is 10.3. The van der Waals surface area contributed by atoms with Crippen molar-refractivity contribution < 1.29 is 4.79 Å². The van der Waals surface area contributed by atoms with Crippen LogP contribution in [0.3, 0.4) is 0 Å². The maximum atomic E-state index is 11.7. The molecule has 2 aromatic rings. The molecule has 0 saturated carbocycles.